The summed E-state index contributed by atoms with van der Waals surface area (Å²) in [5, 5.41) is 5.95. The fourth-order valence-electron chi connectivity index (χ4n) is 5.23. The lowest BCUT2D eigenvalue weighted by Crippen LogP contribution is -2.58. The van der Waals surface area contributed by atoms with Gasteiger partial charge < -0.3 is 34.5 Å². The molecule has 5 heterocycles. The van der Waals surface area contributed by atoms with Crippen molar-refractivity contribution in [1.82, 2.24) is 15.5 Å². The number of methoxy groups -OCH3 is 2. The number of rotatable bonds is 3. The fraction of sp³-hybridized carbons (Fsp3) is 0.333. The third kappa shape index (κ3) is 7.47. The summed E-state index contributed by atoms with van der Waals surface area (Å²) >= 11 is 0. The summed E-state index contributed by atoms with van der Waals surface area (Å²) in [6.07, 6.45) is 0.873. The van der Waals surface area contributed by atoms with Gasteiger partial charge in [0.25, 0.3) is 11.8 Å². The van der Waals surface area contributed by atoms with E-state index >= 15 is 0 Å². The first-order chi connectivity index (χ1) is 21.3. The van der Waals surface area contributed by atoms with Gasteiger partial charge >= 0.3 is 5.97 Å². The van der Waals surface area contributed by atoms with E-state index < -0.39 is 18.1 Å². The zero-order valence-electron chi connectivity index (χ0n) is 24.7. The summed E-state index contributed by atoms with van der Waals surface area (Å²) in [7, 11) is 2.81. The lowest BCUT2D eigenvalue weighted by Gasteiger charge is -2.39. The van der Waals surface area contributed by atoms with Gasteiger partial charge in [-0.1, -0.05) is 18.2 Å². The van der Waals surface area contributed by atoms with E-state index in [9.17, 15) is 19.2 Å². The van der Waals surface area contributed by atoms with Gasteiger partial charge in [0.15, 0.2) is 18.1 Å². The normalized spacial score (nSPS) is 19.0. The molecule has 0 saturated carbocycles. The molecule has 11 heteroatoms. The van der Waals surface area contributed by atoms with Crippen molar-refractivity contribution in [3.63, 3.8) is 0 Å². The Kier molecular flexibility index (Phi) is 9.63. The number of esters is 1. The van der Waals surface area contributed by atoms with Crippen LogP contribution in [-0.4, -0.2) is 74.7 Å². The molecule has 5 aliphatic rings. The molecule has 8 rings (SSSR count). The number of hydrogen-bond acceptors (Lipinski definition) is 8. The van der Waals surface area contributed by atoms with Gasteiger partial charge in [-0.2, -0.15) is 0 Å². The molecular formula is C33H35N3O8. The third-order valence-corrected chi connectivity index (χ3v) is 7.66. The van der Waals surface area contributed by atoms with Gasteiger partial charge in [0.05, 0.1) is 25.8 Å². The van der Waals surface area contributed by atoms with Gasteiger partial charge in [0.2, 0.25) is 5.91 Å². The Labute approximate surface area is 255 Å². The molecular weight excluding hydrogens is 566 g/mol. The molecule has 3 amide bonds. The number of likely N-dealkylation sites (tertiary alicyclic amines) is 1. The molecule has 0 aliphatic carbocycles. The highest BCUT2D eigenvalue weighted by Gasteiger charge is 2.34. The first kappa shape index (κ1) is 30.4. The number of nitrogens with one attached hydrogen (secondary N) is 2. The van der Waals surface area contributed by atoms with E-state index in [0.29, 0.717) is 60.7 Å². The number of carbonyl (C=O) groups excluding carboxylic acids is 4. The first-order valence-electron chi connectivity index (χ1n) is 14.4. The zero-order valence-corrected chi connectivity index (χ0v) is 24.7. The van der Waals surface area contributed by atoms with Crippen molar-refractivity contribution in [2.45, 2.75) is 38.0 Å². The Balaban J connectivity index is 1.36. The van der Waals surface area contributed by atoms with Crippen LogP contribution in [0.15, 0.2) is 66.7 Å². The van der Waals surface area contributed by atoms with Crippen LogP contribution in [0.1, 0.15) is 44.7 Å². The average Bonchev–Trinajstić information content (AvgIpc) is 3.05. The molecule has 0 spiro atoms. The fourth-order valence-corrected chi connectivity index (χ4v) is 5.23. The van der Waals surface area contributed by atoms with Crippen LogP contribution in [0.4, 0.5) is 0 Å². The number of aryl methyl sites for hydroxylation is 1. The summed E-state index contributed by atoms with van der Waals surface area (Å²) < 4.78 is 22.3. The van der Waals surface area contributed by atoms with Gasteiger partial charge in [-0.15, -0.1) is 0 Å². The molecule has 230 valence electrons. The molecule has 1 saturated heterocycles. The standard InChI is InChI=1S/C33H35N3O8/c1-41-29-17-21-5-13-28(29)43-20-31(38)35-26-19-36(32(39)23-7-9-24(10-8-23)33(40)42-2)16-15-27(26)44-25-11-3-22(4-12-25)18-34-30(37)14-6-21/h3-5,7-13,17,26-27H,6,14-16,18-20H2,1-2H3,(H,34,37)(H,35,38)/t26-,27-/m1/s1. The highest BCUT2D eigenvalue weighted by Crippen LogP contribution is 2.29. The van der Waals surface area contributed by atoms with Gasteiger partial charge in [-0.25, -0.2) is 4.79 Å². The zero-order chi connectivity index (χ0) is 31.1. The second kappa shape index (κ2) is 13.9. The van der Waals surface area contributed by atoms with Crippen molar-refractivity contribution >= 4 is 23.7 Å². The summed E-state index contributed by atoms with van der Waals surface area (Å²) in [5.74, 6) is 0.297. The molecule has 1 fully saturated rings. The molecule has 5 aliphatic heterocycles. The quantitative estimate of drug-likeness (QED) is 0.438. The van der Waals surface area contributed by atoms with E-state index in [2.05, 4.69) is 10.6 Å². The van der Waals surface area contributed by atoms with E-state index in [1.54, 1.807) is 41.3 Å². The molecule has 3 aromatic rings. The summed E-state index contributed by atoms with van der Waals surface area (Å²) in [6, 6.07) is 18.5. The predicted octanol–water partition coefficient (Wildman–Crippen LogP) is 2.90. The first-order valence-corrected chi connectivity index (χ1v) is 14.4. The largest absolute Gasteiger partial charge is 0.493 e. The SMILES string of the molecule is COC(=O)c1ccc(C(=O)N2CC[C@H]3Oc4ccc(cc4)CNC(=O)CCc4ccc(c(OC)c4)OCC(=O)N[C@@H]3C2)cc1. The Morgan fingerprint density at radius 1 is 0.886 bits per heavy atom. The van der Waals surface area contributed by atoms with Crippen LogP contribution in [-0.2, 0) is 27.3 Å². The van der Waals surface area contributed by atoms with Crippen LogP contribution in [0.25, 0.3) is 0 Å². The maximum atomic E-state index is 13.4. The van der Waals surface area contributed by atoms with Gasteiger partial charge in [0, 0.05) is 38.0 Å². The topological polar surface area (TPSA) is 132 Å². The molecule has 3 aromatic carbocycles. The number of carbonyl (C=O) groups is 4. The van der Waals surface area contributed by atoms with Crippen LogP contribution in [0.3, 0.4) is 0 Å². The van der Waals surface area contributed by atoms with Gasteiger partial charge in [-0.05, 0) is 66.1 Å². The summed E-state index contributed by atoms with van der Waals surface area (Å²) in [5.41, 5.74) is 2.58. The number of nitrogens with zero attached hydrogens (tertiary/aromatic N) is 1. The van der Waals surface area contributed by atoms with Crippen LogP contribution in [0, 0.1) is 0 Å². The number of hydrogen-bond donors (Lipinski definition) is 2. The molecule has 0 aromatic heterocycles. The predicted molar refractivity (Wildman–Crippen MR) is 160 cm³/mol. The molecule has 2 N–H and O–H groups in total. The number of amides is 3. The molecule has 0 radical (unpaired) electrons. The smallest absolute Gasteiger partial charge is 0.337 e. The van der Waals surface area contributed by atoms with Crippen LogP contribution in [0.5, 0.6) is 17.2 Å². The van der Waals surface area contributed by atoms with Crippen molar-refractivity contribution in [1.29, 1.82) is 0 Å². The van der Waals surface area contributed by atoms with E-state index in [0.717, 1.165) is 11.1 Å². The van der Waals surface area contributed by atoms with Crippen molar-refractivity contribution < 1.29 is 38.1 Å². The van der Waals surface area contributed by atoms with Crippen molar-refractivity contribution in [3.05, 3.63) is 89.0 Å². The van der Waals surface area contributed by atoms with Crippen molar-refractivity contribution in [2.24, 2.45) is 0 Å². The second-order valence-electron chi connectivity index (χ2n) is 10.6. The molecule has 44 heavy (non-hydrogen) atoms. The van der Waals surface area contributed by atoms with Crippen LogP contribution >= 0.6 is 0 Å². The summed E-state index contributed by atoms with van der Waals surface area (Å²) in [6.45, 7) is 0.711. The second-order valence-corrected chi connectivity index (χ2v) is 10.6. The Hall–Kier alpha value is -5.06. The Morgan fingerprint density at radius 3 is 2.34 bits per heavy atom. The van der Waals surface area contributed by atoms with E-state index in [1.165, 1.54) is 14.2 Å². The van der Waals surface area contributed by atoms with Gasteiger partial charge in [0.1, 0.15) is 11.9 Å². The van der Waals surface area contributed by atoms with E-state index in [4.69, 9.17) is 18.9 Å². The average molecular weight is 602 g/mol. The summed E-state index contributed by atoms with van der Waals surface area (Å²) in [4.78, 5) is 52.4. The number of piperidine rings is 1. The minimum absolute atomic E-state index is 0.0701. The van der Waals surface area contributed by atoms with Crippen molar-refractivity contribution in [3.8, 4) is 17.2 Å². The number of ether oxygens (including phenoxy) is 4. The maximum Gasteiger partial charge on any atom is 0.337 e. The Bertz CT molecular complexity index is 1510. The number of benzene rings is 3. The lowest BCUT2D eigenvalue weighted by atomic mass is 10.00. The third-order valence-electron chi connectivity index (χ3n) is 7.66. The highest BCUT2D eigenvalue weighted by atomic mass is 16.5. The molecule has 2 atom stereocenters. The Morgan fingerprint density at radius 2 is 1.61 bits per heavy atom. The van der Waals surface area contributed by atoms with Gasteiger partial charge in [-0.3, -0.25) is 14.4 Å². The monoisotopic (exact) mass is 601 g/mol. The minimum atomic E-state index is -0.535. The molecule has 4 bridgehead atoms. The maximum absolute atomic E-state index is 13.4. The molecule has 11 nitrogen and oxygen atoms in total. The lowest BCUT2D eigenvalue weighted by molar-refractivity contribution is -0.125. The minimum Gasteiger partial charge on any atom is -0.493 e. The van der Waals surface area contributed by atoms with Crippen molar-refractivity contribution in [2.75, 3.05) is 33.9 Å². The molecule has 0 unspecified atom stereocenters. The van der Waals surface area contributed by atoms with E-state index in [1.807, 2.05) is 30.3 Å². The van der Waals surface area contributed by atoms with Crippen LogP contribution in [0.2, 0.25) is 0 Å². The highest BCUT2D eigenvalue weighted by molar-refractivity contribution is 5.96. The van der Waals surface area contributed by atoms with Crippen LogP contribution < -0.4 is 24.8 Å². The van der Waals surface area contributed by atoms with E-state index in [-0.39, 0.29) is 30.9 Å².